The quantitative estimate of drug-likeness (QED) is 0.673. The van der Waals surface area contributed by atoms with Crippen LogP contribution in [-0.4, -0.2) is 36.4 Å². The lowest BCUT2D eigenvalue weighted by Gasteiger charge is -2.28. The molecule has 0 saturated carbocycles. The highest BCUT2D eigenvalue weighted by Crippen LogP contribution is 2.31. The van der Waals surface area contributed by atoms with Crippen LogP contribution in [0, 0.1) is 0 Å². The van der Waals surface area contributed by atoms with Crippen molar-refractivity contribution in [1.29, 1.82) is 0 Å². The molecule has 0 aliphatic carbocycles. The summed E-state index contributed by atoms with van der Waals surface area (Å²) in [7, 11) is -8.56. The number of hydrogen-bond donors (Lipinski definition) is 2. The Labute approximate surface area is 96.6 Å². The van der Waals surface area contributed by atoms with Gasteiger partial charge in [0.15, 0.2) is 0 Å². The van der Waals surface area contributed by atoms with Crippen LogP contribution in [0.1, 0.15) is 39.5 Å². The SMILES string of the molecule is CCCC(CC)(CCS(=O)(=O)O)S(=O)(=O)O. The van der Waals surface area contributed by atoms with E-state index in [1.54, 1.807) is 13.8 Å². The number of rotatable bonds is 7. The highest BCUT2D eigenvalue weighted by Gasteiger charge is 2.40. The van der Waals surface area contributed by atoms with Crippen molar-refractivity contribution in [2.75, 3.05) is 5.75 Å². The second kappa shape index (κ2) is 5.44. The summed E-state index contributed by atoms with van der Waals surface area (Å²) < 4.78 is 60.0. The van der Waals surface area contributed by atoms with Gasteiger partial charge in [0.05, 0.1) is 10.5 Å². The average Bonchev–Trinajstić information content (AvgIpc) is 2.08. The molecule has 0 rings (SSSR count). The molecule has 0 aromatic carbocycles. The molecule has 0 aliphatic rings. The first-order chi connectivity index (χ1) is 7.08. The molecule has 0 bridgehead atoms. The van der Waals surface area contributed by atoms with Gasteiger partial charge in [-0.3, -0.25) is 9.11 Å². The summed E-state index contributed by atoms with van der Waals surface area (Å²) in [5.74, 6) is -0.666. The minimum atomic E-state index is -4.34. The highest BCUT2D eigenvalue weighted by atomic mass is 32.2. The van der Waals surface area contributed by atoms with Crippen LogP contribution in [0.15, 0.2) is 0 Å². The van der Waals surface area contributed by atoms with Gasteiger partial charge in [-0.2, -0.15) is 16.8 Å². The number of hydrogen-bond acceptors (Lipinski definition) is 4. The third-order valence-electron chi connectivity index (χ3n) is 2.71. The predicted octanol–water partition coefficient (Wildman–Crippen LogP) is 1.10. The molecule has 0 aromatic rings. The van der Waals surface area contributed by atoms with Crippen LogP contribution in [0.3, 0.4) is 0 Å². The zero-order valence-electron chi connectivity index (χ0n) is 9.38. The Balaban J connectivity index is 5.08. The molecule has 98 valence electrons. The van der Waals surface area contributed by atoms with Gasteiger partial charge >= 0.3 is 0 Å². The zero-order valence-corrected chi connectivity index (χ0v) is 11.0. The minimum absolute atomic E-state index is 0.106. The first kappa shape index (κ1) is 15.8. The molecule has 6 nitrogen and oxygen atoms in total. The smallest absolute Gasteiger partial charge is 0.270 e. The van der Waals surface area contributed by atoms with Crippen LogP contribution in [-0.2, 0) is 20.2 Å². The molecule has 0 radical (unpaired) electrons. The maximum absolute atomic E-state index is 11.3. The second-order valence-electron chi connectivity index (χ2n) is 3.80. The fourth-order valence-corrected chi connectivity index (χ4v) is 3.65. The first-order valence-corrected chi connectivity index (χ1v) is 8.05. The average molecular weight is 274 g/mol. The van der Waals surface area contributed by atoms with Crippen LogP contribution in [0.25, 0.3) is 0 Å². The van der Waals surface area contributed by atoms with E-state index < -0.39 is 30.7 Å². The van der Waals surface area contributed by atoms with E-state index in [1.807, 2.05) is 0 Å². The van der Waals surface area contributed by atoms with Gasteiger partial charge in [-0.25, -0.2) is 0 Å². The molecule has 8 heteroatoms. The molecule has 0 saturated heterocycles. The molecule has 0 amide bonds. The third kappa shape index (κ3) is 4.36. The lowest BCUT2D eigenvalue weighted by atomic mass is 9.97. The van der Waals surface area contributed by atoms with Crippen molar-refractivity contribution >= 4 is 20.2 Å². The Kier molecular flexibility index (Phi) is 5.37. The summed E-state index contributed by atoms with van der Waals surface area (Å²) in [6.45, 7) is 3.30. The van der Waals surface area contributed by atoms with Crippen molar-refractivity contribution in [1.82, 2.24) is 0 Å². The summed E-state index contributed by atoms with van der Waals surface area (Å²) in [5, 5.41) is 0. The normalized spacial score (nSPS) is 17.0. The van der Waals surface area contributed by atoms with E-state index in [-0.39, 0.29) is 19.3 Å². The van der Waals surface area contributed by atoms with Crippen LogP contribution in [0.5, 0.6) is 0 Å². The minimum Gasteiger partial charge on any atom is -0.286 e. The largest absolute Gasteiger partial charge is 0.286 e. The van der Waals surface area contributed by atoms with Gasteiger partial charge < -0.3 is 0 Å². The van der Waals surface area contributed by atoms with Gasteiger partial charge in [-0.05, 0) is 19.3 Å². The molecular formula is C8H18O6S2. The zero-order chi connectivity index (χ0) is 13.0. The third-order valence-corrected chi connectivity index (χ3v) is 5.22. The molecule has 0 aromatic heterocycles. The molecule has 16 heavy (non-hydrogen) atoms. The Bertz CT molecular complexity index is 410. The molecule has 0 spiro atoms. The van der Waals surface area contributed by atoms with Gasteiger partial charge in [-0.15, -0.1) is 0 Å². The molecule has 0 heterocycles. The van der Waals surface area contributed by atoms with Gasteiger partial charge in [0.25, 0.3) is 20.2 Å². The van der Waals surface area contributed by atoms with Gasteiger partial charge in [0.2, 0.25) is 0 Å². The second-order valence-corrected chi connectivity index (χ2v) is 7.19. The predicted molar refractivity (Wildman–Crippen MR) is 60.5 cm³/mol. The molecule has 1 unspecified atom stereocenters. The fourth-order valence-electron chi connectivity index (χ4n) is 1.69. The van der Waals surface area contributed by atoms with E-state index in [9.17, 15) is 16.8 Å². The van der Waals surface area contributed by atoms with Crippen LogP contribution in [0.4, 0.5) is 0 Å². The van der Waals surface area contributed by atoms with Crippen LogP contribution >= 0.6 is 0 Å². The van der Waals surface area contributed by atoms with Crippen molar-refractivity contribution < 1.29 is 25.9 Å². The topological polar surface area (TPSA) is 109 Å². The standard InChI is InChI=1S/C8H18O6S2/c1-3-5-8(4-2,16(12,13)14)6-7-15(9,10)11/h3-7H2,1-2H3,(H,9,10,11)(H,12,13,14). The Morgan fingerprint density at radius 1 is 1.00 bits per heavy atom. The van der Waals surface area contributed by atoms with E-state index in [0.29, 0.717) is 6.42 Å². The summed E-state index contributed by atoms with van der Waals surface area (Å²) in [5.41, 5.74) is 0. The Morgan fingerprint density at radius 3 is 1.75 bits per heavy atom. The lowest BCUT2D eigenvalue weighted by molar-refractivity contribution is 0.384. The van der Waals surface area contributed by atoms with E-state index in [1.165, 1.54) is 0 Å². The maximum Gasteiger partial charge on any atom is 0.270 e. The molecule has 1 atom stereocenters. The monoisotopic (exact) mass is 274 g/mol. The van der Waals surface area contributed by atoms with E-state index in [2.05, 4.69) is 0 Å². The van der Waals surface area contributed by atoms with E-state index in [4.69, 9.17) is 9.11 Å². The van der Waals surface area contributed by atoms with E-state index in [0.717, 1.165) is 0 Å². The van der Waals surface area contributed by atoms with Crippen molar-refractivity contribution in [3.05, 3.63) is 0 Å². The van der Waals surface area contributed by atoms with Gasteiger partial charge in [0.1, 0.15) is 0 Å². The molecular weight excluding hydrogens is 256 g/mol. The van der Waals surface area contributed by atoms with Crippen LogP contribution in [0.2, 0.25) is 0 Å². The summed E-state index contributed by atoms with van der Waals surface area (Å²) in [6, 6.07) is 0. The molecule has 0 aliphatic heterocycles. The summed E-state index contributed by atoms with van der Waals surface area (Å²) >= 11 is 0. The van der Waals surface area contributed by atoms with E-state index >= 15 is 0 Å². The summed E-state index contributed by atoms with van der Waals surface area (Å²) in [4.78, 5) is 0. The Morgan fingerprint density at radius 2 is 1.50 bits per heavy atom. The van der Waals surface area contributed by atoms with Crippen LogP contribution < -0.4 is 0 Å². The highest BCUT2D eigenvalue weighted by molar-refractivity contribution is 7.87. The first-order valence-electron chi connectivity index (χ1n) is 5.00. The lowest BCUT2D eigenvalue weighted by Crippen LogP contribution is -2.39. The molecule has 2 N–H and O–H groups in total. The Hall–Kier alpha value is -0.180. The van der Waals surface area contributed by atoms with Gasteiger partial charge in [0, 0.05) is 0 Å². The van der Waals surface area contributed by atoms with Crippen molar-refractivity contribution in [3.8, 4) is 0 Å². The van der Waals surface area contributed by atoms with Crippen molar-refractivity contribution in [2.45, 2.75) is 44.3 Å². The summed E-state index contributed by atoms with van der Waals surface area (Å²) in [6.07, 6.45) is 0.473. The van der Waals surface area contributed by atoms with Crippen molar-refractivity contribution in [3.63, 3.8) is 0 Å². The fraction of sp³-hybridized carbons (Fsp3) is 1.00. The maximum atomic E-state index is 11.3. The molecule has 0 fully saturated rings. The van der Waals surface area contributed by atoms with Crippen molar-refractivity contribution in [2.24, 2.45) is 0 Å². The van der Waals surface area contributed by atoms with Gasteiger partial charge in [-0.1, -0.05) is 20.3 Å².